The minimum absolute atomic E-state index is 0.00639. The molecule has 0 radical (unpaired) electrons. The van der Waals surface area contributed by atoms with Crippen molar-refractivity contribution in [2.75, 3.05) is 32.7 Å². The number of nitrogens with two attached hydrogens (primary N) is 1. The molecule has 3 N–H and O–H groups in total. The van der Waals surface area contributed by atoms with E-state index in [9.17, 15) is 18.0 Å². The van der Waals surface area contributed by atoms with Crippen LogP contribution < -0.4 is 24.7 Å². The summed E-state index contributed by atoms with van der Waals surface area (Å²) in [6.45, 7) is 0.598. The lowest BCUT2D eigenvalue weighted by Gasteiger charge is -2.16. The van der Waals surface area contributed by atoms with E-state index in [0.29, 0.717) is 0 Å². The van der Waals surface area contributed by atoms with E-state index in [-0.39, 0.29) is 44.8 Å². The number of sulfonamides is 1. The van der Waals surface area contributed by atoms with E-state index in [4.69, 9.17) is 41.5 Å². The number of anilines is 1. The fourth-order valence-electron chi connectivity index (χ4n) is 2.81. The van der Waals surface area contributed by atoms with E-state index < -0.39 is 33.3 Å². The molecule has 2 rings (SSSR count). The summed E-state index contributed by atoms with van der Waals surface area (Å²) in [6.07, 6.45) is 0. The van der Waals surface area contributed by atoms with E-state index in [1.54, 1.807) is 6.07 Å². The third-order valence-corrected chi connectivity index (χ3v) is 6.21. The largest absolute Gasteiger partial charge is 0.495 e. The molecule has 0 saturated carbocycles. The maximum absolute atomic E-state index is 13.2. The normalized spacial score (nSPS) is 11.5. The first-order valence-electron chi connectivity index (χ1n) is 9.68. The number of nitriles is 1. The molecule has 0 unspecified atom stereocenters. The molecule has 0 saturated heterocycles. The average Bonchev–Trinajstić information content (AvgIpc) is 2.82. The molecule has 0 fully saturated rings. The van der Waals surface area contributed by atoms with Gasteiger partial charge in [0.15, 0.2) is 6.61 Å². The van der Waals surface area contributed by atoms with Gasteiger partial charge in [0.1, 0.15) is 33.8 Å². The Kier molecular flexibility index (Phi) is 8.93. The van der Waals surface area contributed by atoms with Crippen LogP contribution in [0.1, 0.15) is 17.3 Å². The number of methoxy groups -OCH3 is 3. The highest BCUT2D eigenvalue weighted by molar-refractivity contribution is 7.92. The number of carbonyl (C=O) groups is 2. The first-order valence-corrected chi connectivity index (χ1v) is 11.5. The van der Waals surface area contributed by atoms with Gasteiger partial charge in [0.2, 0.25) is 5.78 Å². The number of allylic oxidation sites excluding steroid dienone is 1. The zero-order valence-electron chi connectivity index (χ0n) is 19.2. The first-order chi connectivity index (χ1) is 16.5. The molecular formula is C22H22ClN3O8S. The van der Waals surface area contributed by atoms with Crippen molar-refractivity contribution in [1.29, 1.82) is 5.26 Å². The van der Waals surface area contributed by atoms with Crippen LogP contribution in [0.2, 0.25) is 5.02 Å². The van der Waals surface area contributed by atoms with Gasteiger partial charge >= 0.3 is 5.97 Å². The Balaban J connectivity index is 2.38. The van der Waals surface area contributed by atoms with E-state index in [1.165, 1.54) is 52.5 Å². The molecule has 186 valence electrons. The lowest BCUT2D eigenvalue weighted by Crippen LogP contribution is -2.19. The molecule has 0 amide bonds. The Hall–Kier alpha value is -3.95. The number of nitrogens with one attached hydrogen (secondary N) is 1. The fourth-order valence-corrected chi connectivity index (χ4v) is 4.31. The van der Waals surface area contributed by atoms with E-state index in [0.717, 1.165) is 6.07 Å². The molecule has 0 aliphatic rings. The average molecular weight is 524 g/mol. The third-order valence-electron chi connectivity index (χ3n) is 4.53. The third kappa shape index (κ3) is 6.34. The standard InChI is InChI=1S/C22H22ClN3O8S/c1-12(25)14(10-24)17(27)11-34-22(28)13-5-6-18(31-2)21(7-13)35(29,30)26-16-8-15(23)19(32-3)9-20(16)33-4/h5-9,26H,11,25H2,1-4H3. The Labute approximate surface area is 207 Å². The van der Waals surface area contributed by atoms with Crippen LogP contribution in [0.3, 0.4) is 0 Å². The maximum Gasteiger partial charge on any atom is 0.338 e. The molecule has 0 aromatic heterocycles. The highest BCUT2D eigenvalue weighted by atomic mass is 35.5. The number of nitrogens with zero attached hydrogens (tertiary/aromatic N) is 1. The Morgan fingerprint density at radius 2 is 1.69 bits per heavy atom. The monoisotopic (exact) mass is 523 g/mol. The van der Waals surface area contributed by atoms with E-state index in [1.807, 2.05) is 0 Å². The van der Waals surface area contributed by atoms with Gasteiger partial charge in [-0.2, -0.15) is 5.26 Å². The number of esters is 1. The van der Waals surface area contributed by atoms with Gasteiger partial charge in [-0.15, -0.1) is 0 Å². The van der Waals surface area contributed by atoms with Gasteiger partial charge in [0, 0.05) is 11.8 Å². The van der Waals surface area contributed by atoms with Gasteiger partial charge in [-0.05, 0) is 31.2 Å². The molecule has 0 aliphatic carbocycles. The number of Topliss-reactive ketones (excluding diaryl/α,β-unsaturated/α-hetero) is 1. The van der Waals surface area contributed by atoms with Gasteiger partial charge in [-0.3, -0.25) is 9.52 Å². The number of ether oxygens (including phenoxy) is 4. The topological polar surface area (TPSA) is 167 Å². The number of hydrogen-bond acceptors (Lipinski definition) is 10. The number of rotatable bonds is 10. The predicted octanol–water partition coefficient (Wildman–Crippen LogP) is 2.65. The molecule has 11 nitrogen and oxygen atoms in total. The van der Waals surface area contributed by atoms with Crippen LogP contribution in [-0.4, -0.2) is 48.1 Å². The van der Waals surface area contributed by atoms with Gasteiger partial charge in [-0.1, -0.05) is 11.6 Å². The smallest absolute Gasteiger partial charge is 0.338 e. The van der Waals surface area contributed by atoms with Crippen LogP contribution >= 0.6 is 11.6 Å². The quantitative estimate of drug-likeness (QED) is 0.268. The molecule has 0 heterocycles. The summed E-state index contributed by atoms with van der Waals surface area (Å²) in [7, 11) is -0.364. The lowest BCUT2D eigenvalue weighted by atomic mass is 10.1. The minimum atomic E-state index is -4.34. The molecule has 0 atom stereocenters. The van der Waals surface area contributed by atoms with E-state index >= 15 is 0 Å². The van der Waals surface area contributed by atoms with Crippen molar-refractivity contribution in [2.45, 2.75) is 11.8 Å². The molecule has 0 aliphatic heterocycles. The summed E-state index contributed by atoms with van der Waals surface area (Å²) in [5.41, 5.74) is 4.91. The van der Waals surface area contributed by atoms with Gasteiger partial charge < -0.3 is 24.7 Å². The van der Waals surface area contributed by atoms with Crippen LogP contribution in [-0.2, 0) is 19.6 Å². The van der Waals surface area contributed by atoms with Gasteiger partial charge in [0.05, 0.1) is 37.6 Å². The van der Waals surface area contributed by atoms with Crippen molar-refractivity contribution >= 4 is 39.1 Å². The second-order valence-electron chi connectivity index (χ2n) is 6.83. The number of hydrogen-bond donors (Lipinski definition) is 2. The summed E-state index contributed by atoms with van der Waals surface area (Å²) < 4.78 is 49.0. The SMILES string of the molecule is COc1cc(OC)c(NS(=O)(=O)c2cc(C(=O)OCC(=O)C(C#N)=C(C)N)ccc2OC)cc1Cl. The van der Waals surface area contributed by atoms with Crippen LogP contribution in [0.15, 0.2) is 46.5 Å². The van der Waals surface area contributed by atoms with Crippen molar-refractivity contribution in [2.24, 2.45) is 5.73 Å². The minimum Gasteiger partial charge on any atom is -0.495 e. The van der Waals surface area contributed by atoms with Crippen molar-refractivity contribution in [3.63, 3.8) is 0 Å². The molecule has 0 spiro atoms. The van der Waals surface area contributed by atoms with Crippen molar-refractivity contribution in [1.82, 2.24) is 0 Å². The summed E-state index contributed by atoms with van der Waals surface area (Å²) in [4.78, 5) is 24.1. The Bertz CT molecular complexity index is 1330. The molecular weight excluding hydrogens is 502 g/mol. The summed E-state index contributed by atoms with van der Waals surface area (Å²) in [6, 6.07) is 7.85. The zero-order valence-corrected chi connectivity index (χ0v) is 20.7. The molecule has 35 heavy (non-hydrogen) atoms. The van der Waals surface area contributed by atoms with Crippen molar-refractivity contribution in [3.8, 4) is 23.3 Å². The summed E-state index contributed by atoms with van der Waals surface area (Å²) in [5, 5.41) is 9.10. The second kappa shape index (κ2) is 11.5. The second-order valence-corrected chi connectivity index (χ2v) is 8.89. The molecule has 2 aromatic rings. The molecule has 13 heteroatoms. The zero-order chi connectivity index (χ0) is 26.3. The van der Waals surface area contributed by atoms with Crippen LogP contribution in [0.5, 0.6) is 17.2 Å². The Morgan fingerprint density at radius 1 is 1.06 bits per heavy atom. The van der Waals surface area contributed by atoms with Crippen LogP contribution in [0.25, 0.3) is 0 Å². The maximum atomic E-state index is 13.2. The number of halogens is 1. The lowest BCUT2D eigenvalue weighted by molar-refractivity contribution is -0.118. The van der Waals surface area contributed by atoms with Gasteiger partial charge in [-0.25, -0.2) is 13.2 Å². The predicted molar refractivity (Wildman–Crippen MR) is 126 cm³/mol. The fraction of sp³-hybridized carbons (Fsp3) is 0.227. The number of benzene rings is 2. The summed E-state index contributed by atoms with van der Waals surface area (Å²) in [5.74, 6) is -1.49. The summed E-state index contributed by atoms with van der Waals surface area (Å²) >= 11 is 6.11. The highest BCUT2D eigenvalue weighted by Crippen LogP contribution is 2.37. The Morgan fingerprint density at radius 3 is 2.23 bits per heavy atom. The molecule has 0 bridgehead atoms. The van der Waals surface area contributed by atoms with Crippen molar-refractivity contribution < 1.29 is 37.0 Å². The van der Waals surface area contributed by atoms with E-state index in [2.05, 4.69) is 4.72 Å². The van der Waals surface area contributed by atoms with Crippen LogP contribution in [0.4, 0.5) is 5.69 Å². The van der Waals surface area contributed by atoms with Crippen LogP contribution in [0, 0.1) is 11.3 Å². The molecule has 2 aromatic carbocycles. The van der Waals surface area contributed by atoms with Crippen molar-refractivity contribution in [3.05, 3.63) is 52.2 Å². The van der Waals surface area contributed by atoms with Gasteiger partial charge in [0.25, 0.3) is 10.0 Å². The number of carbonyl (C=O) groups excluding carboxylic acids is 2. The number of ketones is 1. The first kappa shape index (κ1) is 27.3. The highest BCUT2D eigenvalue weighted by Gasteiger charge is 2.25.